The molecule has 0 nitrogen and oxygen atoms in total. The van der Waals surface area contributed by atoms with Crippen molar-refractivity contribution in [3.63, 3.8) is 0 Å². The third-order valence-electron chi connectivity index (χ3n) is 0.563. The maximum atomic E-state index is 12.4. The summed E-state index contributed by atoms with van der Waals surface area (Å²) in [5.41, 5.74) is 1.66. The van der Waals surface area contributed by atoms with Crippen LogP contribution in [0, 0.1) is 0 Å². The van der Waals surface area contributed by atoms with Crippen molar-refractivity contribution in [1.82, 2.24) is 0 Å². The Morgan fingerprint density at radius 3 is 1.86 bits per heavy atom. The summed E-state index contributed by atoms with van der Waals surface area (Å²) in [6.07, 6.45) is 1.77. The van der Waals surface area contributed by atoms with Crippen molar-refractivity contribution in [3.8, 4) is 0 Å². The summed E-state index contributed by atoms with van der Waals surface area (Å²) < 4.78 is 12.4. The highest BCUT2D eigenvalue weighted by Crippen LogP contribution is 2.02. The van der Waals surface area contributed by atoms with Crippen LogP contribution in [0.5, 0.6) is 0 Å². The van der Waals surface area contributed by atoms with Gasteiger partial charge in [0.25, 0.3) is 8.41 Å². The van der Waals surface area contributed by atoms with E-state index in [0.29, 0.717) is 0 Å². The summed E-state index contributed by atoms with van der Waals surface area (Å²) in [4.78, 5) is 0. The summed E-state index contributed by atoms with van der Waals surface area (Å²) in [6.45, 7) is 5.16. The van der Waals surface area contributed by atoms with E-state index in [-0.39, 0.29) is 0 Å². The molecule has 42 valence electrons. The molecular formula is C5H11FSi. The highest BCUT2D eigenvalue weighted by atomic mass is 28.4. The van der Waals surface area contributed by atoms with Crippen LogP contribution in [-0.2, 0) is 0 Å². The van der Waals surface area contributed by atoms with Crippen LogP contribution in [0.4, 0.5) is 4.11 Å². The molecule has 0 aliphatic heterocycles. The smallest absolute Gasteiger partial charge is 0.264 e. The van der Waals surface area contributed by atoms with Gasteiger partial charge in [-0.3, -0.25) is 0 Å². The maximum absolute atomic E-state index is 12.4. The number of hydrogen-bond donors (Lipinski definition) is 0. The zero-order chi connectivity index (χ0) is 5.91. The summed E-state index contributed by atoms with van der Waals surface area (Å²) in [7, 11) is -2.34. The van der Waals surface area contributed by atoms with E-state index >= 15 is 0 Å². The van der Waals surface area contributed by atoms with E-state index in [1.54, 1.807) is 24.9 Å². The molecule has 0 spiro atoms. The third kappa shape index (κ3) is 5.89. The fraction of sp³-hybridized carbons (Fsp3) is 0.600. The van der Waals surface area contributed by atoms with Gasteiger partial charge < -0.3 is 4.11 Å². The highest BCUT2D eigenvalue weighted by Gasteiger charge is 2.13. The zero-order valence-corrected chi connectivity index (χ0v) is 6.03. The molecule has 0 aromatic heterocycles. The van der Waals surface area contributed by atoms with Gasteiger partial charge in [-0.1, -0.05) is 11.8 Å². The van der Waals surface area contributed by atoms with Crippen molar-refractivity contribution >= 4 is 8.41 Å². The van der Waals surface area contributed by atoms with Crippen molar-refractivity contribution in [1.29, 1.82) is 0 Å². The van der Waals surface area contributed by atoms with Crippen molar-refractivity contribution in [2.75, 3.05) is 0 Å². The Bertz CT molecular complexity index is 70.6. The molecule has 0 aromatic rings. The molecule has 0 aliphatic carbocycles. The Morgan fingerprint density at radius 1 is 1.43 bits per heavy atom. The highest BCUT2D eigenvalue weighted by molar-refractivity contribution is 6.75. The van der Waals surface area contributed by atoms with Crippen molar-refractivity contribution < 1.29 is 4.11 Å². The number of rotatable bonds is 1. The maximum Gasteiger partial charge on any atom is 0.264 e. The fourth-order valence-corrected chi connectivity index (χ4v) is 1.19. The molecule has 0 radical (unpaired) electrons. The predicted octanol–water partition coefficient (Wildman–Crippen LogP) is 2.28. The molecule has 0 N–H and O–H groups in total. The summed E-state index contributed by atoms with van der Waals surface area (Å²) in [5.74, 6) is 0. The molecule has 0 saturated carbocycles. The monoisotopic (exact) mass is 118 g/mol. The molecule has 0 fully saturated rings. The first-order valence-corrected chi connectivity index (χ1v) is 5.34. The molecule has 0 bridgehead atoms. The van der Waals surface area contributed by atoms with E-state index in [1.807, 2.05) is 6.92 Å². The standard InChI is InChI=1S/C5H11FSi/c1-4-5-7(2,3)6/h4-5H,1-3H3. The lowest BCUT2D eigenvalue weighted by Gasteiger charge is -1.99. The van der Waals surface area contributed by atoms with Gasteiger partial charge in [0.1, 0.15) is 0 Å². The second kappa shape index (κ2) is 2.26. The van der Waals surface area contributed by atoms with Gasteiger partial charge >= 0.3 is 0 Å². The van der Waals surface area contributed by atoms with E-state index in [9.17, 15) is 4.11 Å². The molecular weight excluding hydrogens is 107 g/mol. The van der Waals surface area contributed by atoms with Gasteiger partial charge in [0.2, 0.25) is 0 Å². The molecule has 0 unspecified atom stereocenters. The first kappa shape index (κ1) is 6.89. The molecule has 0 aromatic carbocycles. The first-order chi connectivity index (χ1) is 3.06. The minimum atomic E-state index is -2.34. The molecule has 0 amide bonds. The molecule has 7 heavy (non-hydrogen) atoms. The lowest BCUT2D eigenvalue weighted by molar-refractivity contribution is 0.820. The summed E-state index contributed by atoms with van der Waals surface area (Å²) in [5, 5.41) is 0. The number of hydrogen-bond acceptors (Lipinski definition) is 0. The van der Waals surface area contributed by atoms with Gasteiger partial charge in [0, 0.05) is 0 Å². The summed E-state index contributed by atoms with van der Waals surface area (Å²) >= 11 is 0. The number of allylic oxidation sites excluding steroid dienone is 1. The Kier molecular flexibility index (Phi) is 2.22. The van der Waals surface area contributed by atoms with E-state index in [4.69, 9.17) is 0 Å². The fourth-order valence-electron chi connectivity index (χ4n) is 0.396. The lowest BCUT2D eigenvalue weighted by Crippen LogP contribution is -2.12. The molecule has 0 saturated heterocycles. The molecule has 0 aliphatic rings. The SMILES string of the molecule is CC=C[Si](C)(C)F. The van der Waals surface area contributed by atoms with Gasteiger partial charge in [-0.25, -0.2) is 0 Å². The summed E-state index contributed by atoms with van der Waals surface area (Å²) in [6, 6.07) is 0. The van der Waals surface area contributed by atoms with E-state index in [1.165, 1.54) is 0 Å². The van der Waals surface area contributed by atoms with Crippen LogP contribution in [-0.4, -0.2) is 8.41 Å². The van der Waals surface area contributed by atoms with Crippen LogP contribution in [0.2, 0.25) is 13.1 Å². The van der Waals surface area contributed by atoms with Crippen molar-refractivity contribution in [3.05, 3.63) is 11.8 Å². The minimum absolute atomic E-state index is 1.66. The minimum Gasteiger partial charge on any atom is -0.309 e. The van der Waals surface area contributed by atoms with Gasteiger partial charge in [0.15, 0.2) is 0 Å². The number of halogens is 1. The predicted molar refractivity (Wildman–Crippen MR) is 33.4 cm³/mol. The van der Waals surface area contributed by atoms with Crippen LogP contribution in [0.25, 0.3) is 0 Å². The van der Waals surface area contributed by atoms with Crippen molar-refractivity contribution in [2.45, 2.75) is 20.0 Å². The second-order valence-electron chi connectivity index (χ2n) is 2.06. The molecule has 0 heterocycles. The van der Waals surface area contributed by atoms with Crippen LogP contribution in [0.3, 0.4) is 0 Å². The normalized spacial score (nSPS) is 13.1. The third-order valence-corrected chi connectivity index (χ3v) is 1.69. The molecule has 2 heteroatoms. The quantitative estimate of drug-likeness (QED) is 0.366. The van der Waals surface area contributed by atoms with E-state index in [0.717, 1.165) is 0 Å². The van der Waals surface area contributed by atoms with Crippen LogP contribution in [0.1, 0.15) is 6.92 Å². The zero-order valence-electron chi connectivity index (χ0n) is 5.03. The van der Waals surface area contributed by atoms with Gasteiger partial charge in [-0.05, 0) is 20.0 Å². The van der Waals surface area contributed by atoms with E-state index < -0.39 is 8.41 Å². The lowest BCUT2D eigenvalue weighted by atomic mass is 10.8. The van der Waals surface area contributed by atoms with Crippen LogP contribution in [0.15, 0.2) is 11.8 Å². The first-order valence-electron chi connectivity index (χ1n) is 2.39. The Balaban J connectivity index is 3.56. The topological polar surface area (TPSA) is 0 Å². The Labute approximate surface area is 45.2 Å². The van der Waals surface area contributed by atoms with Gasteiger partial charge in [-0.15, -0.1) is 0 Å². The Morgan fingerprint density at radius 2 is 1.86 bits per heavy atom. The second-order valence-corrected chi connectivity index (χ2v) is 5.53. The molecule has 0 atom stereocenters. The van der Waals surface area contributed by atoms with Gasteiger partial charge in [-0.2, -0.15) is 0 Å². The van der Waals surface area contributed by atoms with Gasteiger partial charge in [0.05, 0.1) is 0 Å². The van der Waals surface area contributed by atoms with Crippen LogP contribution < -0.4 is 0 Å². The average Bonchev–Trinajstić information content (AvgIpc) is 1.30. The van der Waals surface area contributed by atoms with Crippen molar-refractivity contribution in [2.24, 2.45) is 0 Å². The Hall–Kier alpha value is -0.113. The largest absolute Gasteiger partial charge is 0.309 e. The van der Waals surface area contributed by atoms with Crippen LogP contribution >= 0.6 is 0 Å². The van der Waals surface area contributed by atoms with E-state index in [2.05, 4.69) is 0 Å². The molecule has 0 rings (SSSR count). The average molecular weight is 118 g/mol.